The van der Waals surface area contributed by atoms with E-state index in [0.717, 1.165) is 11.5 Å². The largest absolute Gasteiger partial charge is 0.342 e. The minimum absolute atomic E-state index is 0.170. The van der Waals surface area contributed by atoms with Crippen molar-refractivity contribution >= 4 is 17.7 Å². The molecule has 0 rings (SSSR count). The van der Waals surface area contributed by atoms with E-state index >= 15 is 0 Å². The Hall–Kier alpha value is -0.620. The highest BCUT2D eigenvalue weighted by Gasteiger charge is 2.02. The normalized spacial score (nSPS) is 11.7. The summed E-state index contributed by atoms with van der Waals surface area (Å²) in [6.45, 7) is 4.03. The highest BCUT2D eigenvalue weighted by Crippen LogP contribution is 2.00. The maximum absolute atomic E-state index is 10.6. The van der Waals surface area contributed by atoms with Crippen molar-refractivity contribution in [3.8, 4) is 12.3 Å². The monoisotopic (exact) mass is 171 g/mol. The summed E-state index contributed by atoms with van der Waals surface area (Å²) >= 11 is 1.79. The molecule has 0 fully saturated rings. The van der Waals surface area contributed by atoms with Gasteiger partial charge in [0.2, 0.25) is 0 Å². The summed E-state index contributed by atoms with van der Waals surface area (Å²) in [5.74, 6) is 3.67. The highest BCUT2D eigenvalue weighted by atomic mass is 32.2. The van der Waals surface area contributed by atoms with Gasteiger partial charge in [0.25, 0.3) is 5.91 Å². The first-order chi connectivity index (χ1) is 5.20. The van der Waals surface area contributed by atoms with Gasteiger partial charge in [-0.25, -0.2) is 0 Å². The lowest BCUT2D eigenvalue weighted by molar-refractivity contribution is -0.116. The van der Waals surface area contributed by atoms with E-state index in [-0.39, 0.29) is 11.9 Å². The smallest absolute Gasteiger partial charge is 0.295 e. The Morgan fingerprint density at radius 3 is 2.91 bits per heavy atom. The molecule has 0 aromatic heterocycles. The molecule has 3 heteroatoms. The van der Waals surface area contributed by atoms with E-state index in [1.54, 1.807) is 11.8 Å². The molecule has 0 saturated carbocycles. The van der Waals surface area contributed by atoms with Gasteiger partial charge < -0.3 is 5.32 Å². The Labute approximate surface area is 72.1 Å². The van der Waals surface area contributed by atoms with Crippen molar-refractivity contribution in [2.75, 3.05) is 11.5 Å². The first-order valence-corrected chi connectivity index (χ1v) is 4.71. The molecule has 1 amide bonds. The number of hydrogen-bond donors (Lipinski definition) is 1. The second kappa shape index (κ2) is 6.11. The fourth-order valence-corrected chi connectivity index (χ4v) is 1.27. The molecule has 0 aliphatic heterocycles. The molecule has 0 bridgehead atoms. The van der Waals surface area contributed by atoms with Crippen molar-refractivity contribution in [1.29, 1.82) is 0 Å². The van der Waals surface area contributed by atoms with Gasteiger partial charge in [-0.3, -0.25) is 4.79 Å². The number of carbonyl (C=O) groups excluding carboxylic acids is 1. The molecule has 0 aliphatic rings. The molecule has 1 unspecified atom stereocenters. The number of thioether (sulfide) groups is 1. The van der Waals surface area contributed by atoms with Gasteiger partial charge in [0, 0.05) is 11.8 Å². The van der Waals surface area contributed by atoms with E-state index in [1.807, 2.05) is 12.8 Å². The zero-order valence-electron chi connectivity index (χ0n) is 6.89. The predicted octanol–water partition coefficient (Wildman–Crippen LogP) is 0.877. The van der Waals surface area contributed by atoms with Gasteiger partial charge in [0.05, 0.1) is 0 Å². The van der Waals surface area contributed by atoms with E-state index in [2.05, 4.69) is 12.2 Å². The summed E-state index contributed by atoms with van der Waals surface area (Å²) in [6.07, 6.45) is 4.88. The standard InChI is InChI=1S/C8H13NOS/c1-4-8(10)9-7(3)6-11-5-2/h1,7H,5-6H2,2-3H3,(H,9,10). The summed E-state index contributed by atoms with van der Waals surface area (Å²) in [4.78, 5) is 10.6. The van der Waals surface area contributed by atoms with Gasteiger partial charge in [-0.05, 0) is 18.6 Å². The van der Waals surface area contributed by atoms with Crippen molar-refractivity contribution in [1.82, 2.24) is 5.32 Å². The summed E-state index contributed by atoms with van der Waals surface area (Å²) in [5.41, 5.74) is 0. The van der Waals surface area contributed by atoms with Crippen molar-refractivity contribution < 1.29 is 4.79 Å². The first kappa shape index (κ1) is 10.4. The van der Waals surface area contributed by atoms with Crippen LogP contribution in [0.2, 0.25) is 0 Å². The van der Waals surface area contributed by atoms with Gasteiger partial charge in [-0.1, -0.05) is 6.92 Å². The van der Waals surface area contributed by atoms with Gasteiger partial charge >= 0.3 is 0 Å². The van der Waals surface area contributed by atoms with Gasteiger partial charge in [0.1, 0.15) is 0 Å². The number of nitrogens with one attached hydrogen (secondary N) is 1. The van der Waals surface area contributed by atoms with Gasteiger partial charge in [0.15, 0.2) is 0 Å². The number of rotatable bonds is 4. The molecule has 0 spiro atoms. The van der Waals surface area contributed by atoms with E-state index in [0.29, 0.717) is 0 Å². The molecule has 0 saturated heterocycles. The third-order valence-electron chi connectivity index (χ3n) is 1.08. The van der Waals surface area contributed by atoms with Crippen LogP contribution in [-0.4, -0.2) is 23.5 Å². The van der Waals surface area contributed by atoms with Crippen LogP contribution in [0.5, 0.6) is 0 Å². The van der Waals surface area contributed by atoms with E-state index < -0.39 is 0 Å². The van der Waals surface area contributed by atoms with Crippen LogP contribution < -0.4 is 5.32 Å². The maximum Gasteiger partial charge on any atom is 0.295 e. The van der Waals surface area contributed by atoms with Gasteiger partial charge in [-0.2, -0.15) is 11.8 Å². The van der Waals surface area contributed by atoms with Crippen LogP contribution in [-0.2, 0) is 4.79 Å². The number of terminal acetylenes is 1. The SMILES string of the molecule is C#CC(=O)NC(C)CSCC. The molecule has 2 nitrogen and oxygen atoms in total. The maximum atomic E-state index is 10.6. The third-order valence-corrected chi connectivity index (χ3v) is 2.22. The van der Waals surface area contributed by atoms with E-state index in [1.165, 1.54) is 0 Å². The van der Waals surface area contributed by atoms with Crippen molar-refractivity contribution in [3.05, 3.63) is 0 Å². The Balaban J connectivity index is 3.45. The Morgan fingerprint density at radius 1 is 1.82 bits per heavy atom. The van der Waals surface area contributed by atoms with E-state index in [4.69, 9.17) is 6.42 Å². The Kier molecular flexibility index (Phi) is 5.77. The van der Waals surface area contributed by atoms with Crippen LogP contribution in [0.25, 0.3) is 0 Å². The number of carbonyl (C=O) groups is 1. The molecule has 0 aliphatic carbocycles. The third kappa shape index (κ3) is 5.81. The van der Waals surface area contributed by atoms with Crippen LogP contribution in [0.15, 0.2) is 0 Å². The zero-order chi connectivity index (χ0) is 8.69. The second-order valence-corrected chi connectivity index (χ2v) is 3.50. The Bertz CT molecular complexity index is 162. The summed E-state index contributed by atoms with van der Waals surface area (Å²) in [5, 5.41) is 2.67. The van der Waals surface area contributed by atoms with Crippen LogP contribution in [0, 0.1) is 12.3 Å². The highest BCUT2D eigenvalue weighted by molar-refractivity contribution is 7.99. The minimum atomic E-state index is -0.325. The zero-order valence-corrected chi connectivity index (χ0v) is 7.70. The summed E-state index contributed by atoms with van der Waals surface area (Å²) < 4.78 is 0. The van der Waals surface area contributed by atoms with Crippen molar-refractivity contribution in [3.63, 3.8) is 0 Å². The van der Waals surface area contributed by atoms with Crippen LogP contribution in [0.3, 0.4) is 0 Å². The molecular weight excluding hydrogens is 158 g/mol. The molecule has 1 N–H and O–H groups in total. The van der Waals surface area contributed by atoms with Crippen LogP contribution in [0.1, 0.15) is 13.8 Å². The number of amides is 1. The molecule has 0 radical (unpaired) electrons. The Morgan fingerprint density at radius 2 is 2.45 bits per heavy atom. The molecule has 1 atom stereocenters. The van der Waals surface area contributed by atoms with Crippen molar-refractivity contribution in [2.24, 2.45) is 0 Å². The molecule has 62 valence electrons. The quantitative estimate of drug-likeness (QED) is 0.636. The second-order valence-electron chi connectivity index (χ2n) is 2.18. The average molecular weight is 171 g/mol. The molecule has 0 aromatic rings. The topological polar surface area (TPSA) is 29.1 Å². The first-order valence-electron chi connectivity index (χ1n) is 3.55. The van der Waals surface area contributed by atoms with Crippen molar-refractivity contribution in [2.45, 2.75) is 19.9 Å². The fraction of sp³-hybridized carbons (Fsp3) is 0.625. The van der Waals surface area contributed by atoms with E-state index in [9.17, 15) is 4.79 Å². The average Bonchev–Trinajstić information content (AvgIpc) is 2.00. The number of hydrogen-bond acceptors (Lipinski definition) is 2. The lowest BCUT2D eigenvalue weighted by Crippen LogP contribution is -2.33. The van der Waals surface area contributed by atoms with Crippen LogP contribution >= 0.6 is 11.8 Å². The molecule has 0 heterocycles. The van der Waals surface area contributed by atoms with Gasteiger partial charge in [-0.15, -0.1) is 6.42 Å². The lowest BCUT2D eigenvalue weighted by atomic mass is 10.4. The molecular formula is C8H13NOS. The van der Waals surface area contributed by atoms with Crippen LogP contribution in [0.4, 0.5) is 0 Å². The summed E-state index contributed by atoms with van der Waals surface area (Å²) in [6, 6.07) is 0.170. The molecule has 0 aromatic carbocycles. The lowest BCUT2D eigenvalue weighted by Gasteiger charge is -2.09. The summed E-state index contributed by atoms with van der Waals surface area (Å²) in [7, 11) is 0. The molecule has 11 heavy (non-hydrogen) atoms. The fourth-order valence-electron chi connectivity index (χ4n) is 0.602. The minimum Gasteiger partial charge on any atom is -0.342 e. The predicted molar refractivity (Wildman–Crippen MR) is 49.4 cm³/mol.